The van der Waals surface area contributed by atoms with Crippen LogP contribution >= 0.6 is 0 Å². The molecule has 0 spiro atoms. The van der Waals surface area contributed by atoms with Gasteiger partial charge in [-0.25, -0.2) is 8.78 Å². The molecule has 0 amide bonds. The molecule has 1 aliphatic heterocycles. The summed E-state index contributed by atoms with van der Waals surface area (Å²) in [6.45, 7) is 1.01. The van der Waals surface area contributed by atoms with Gasteiger partial charge in [-0.2, -0.15) is 0 Å². The molecule has 1 saturated heterocycles. The van der Waals surface area contributed by atoms with Crippen molar-refractivity contribution in [3.8, 4) is 0 Å². The Morgan fingerprint density at radius 1 is 1.29 bits per heavy atom. The third-order valence-corrected chi connectivity index (χ3v) is 3.46. The first-order valence-electron chi connectivity index (χ1n) is 5.93. The van der Waals surface area contributed by atoms with E-state index in [1.165, 1.54) is 12.1 Å². The SMILES string of the molecule is CN1CCCC(N)C1c1ccc(C(F)F)cc1. The van der Waals surface area contributed by atoms with E-state index in [1.807, 2.05) is 7.05 Å². The molecule has 4 heteroatoms. The van der Waals surface area contributed by atoms with Crippen molar-refractivity contribution in [3.05, 3.63) is 35.4 Å². The normalized spacial score (nSPS) is 26.4. The van der Waals surface area contributed by atoms with E-state index in [2.05, 4.69) is 4.90 Å². The summed E-state index contributed by atoms with van der Waals surface area (Å²) in [4.78, 5) is 2.20. The summed E-state index contributed by atoms with van der Waals surface area (Å²) in [6.07, 6.45) is -0.309. The van der Waals surface area contributed by atoms with E-state index in [-0.39, 0.29) is 17.6 Å². The summed E-state index contributed by atoms with van der Waals surface area (Å²) in [5.41, 5.74) is 7.21. The smallest absolute Gasteiger partial charge is 0.263 e. The summed E-state index contributed by atoms with van der Waals surface area (Å²) in [6, 6.07) is 6.77. The fourth-order valence-corrected chi connectivity index (χ4v) is 2.54. The second kappa shape index (κ2) is 5.10. The Hall–Kier alpha value is -1.00. The second-order valence-electron chi connectivity index (χ2n) is 4.70. The number of benzene rings is 1. The number of hydrogen-bond donors (Lipinski definition) is 1. The van der Waals surface area contributed by atoms with Gasteiger partial charge in [-0.1, -0.05) is 24.3 Å². The van der Waals surface area contributed by atoms with Crippen LogP contribution in [0.25, 0.3) is 0 Å². The predicted octanol–water partition coefficient (Wildman–Crippen LogP) is 2.72. The lowest BCUT2D eigenvalue weighted by molar-refractivity contribution is 0.150. The van der Waals surface area contributed by atoms with Crippen LogP contribution in [0.2, 0.25) is 0 Å². The van der Waals surface area contributed by atoms with Gasteiger partial charge in [0.1, 0.15) is 0 Å². The molecule has 0 aromatic heterocycles. The van der Waals surface area contributed by atoms with Gasteiger partial charge < -0.3 is 5.73 Å². The van der Waals surface area contributed by atoms with Gasteiger partial charge in [-0.3, -0.25) is 4.90 Å². The monoisotopic (exact) mass is 240 g/mol. The maximum absolute atomic E-state index is 12.5. The van der Waals surface area contributed by atoms with Crippen molar-refractivity contribution in [1.29, 1.82) is 0 Å². The van der Waals surface area contributed by atoms with E-state index in [9.17, 15) is 8.78 Å². The highest BCUT2D eigenvalue weighted by Crippen LogP contribution is 2.30. The Labute approximate surface area is 100 Å². The van der Waals surface area contributed by atoms with Gasteiger partial charge in [0.2, 0.25) is 0 Å². The molecule has 2 N–H and O–H groups in total. The van der Waals surface area contributed by atoms with Crippen LogP contribution in [0.15, 0.2) is 24.3 Å². The molecule has 0 radical (unpaired) electrons. The number of alkyl halides is 2. The first-order valence-corrected chi connectivity index (χ1v) is 5.93. The maximum atomic E-state index is 12.5. The second-order valence-corrected chi connectivity index (χ2v) is 4.70. The number of hydrogen-bond acceptors (Lipinski definition) is 2. The van der Waals surface area contributed by atoms with E-state index in [4.69, 9.17) is 5.73 Å². The van der Waals surface area contributed by atoms with E-state index >= 15 is 0 Å². The number of halogens is 2. The summed E-state index contributed by atoms with van der Waals surface area (Å²) >= 11 is 0. The number of rotatable bonds is 2. The Balaban J connectivity index is 2.20. The molecule has 2 unspecified atom stereocenters. The van der Waals surface area contributed by atoms with Crippen LogP contribution in [0.1, 0.15) is 36.4 Å². The zero-order valence-corrected chi connectivity index (χ0v) is 9.94. The van der Waals surface area contributed by atoms with E-state index < -0.39 is 6.43 Å². The lowest BCUT2D eigenvalue weighted by Crippen LogP contribution is -2.43. The molecule has 94 valence electrons. The number of nitrogens with two attached hydrogens (primary N) is 1. The van der Waals surface area contributed by atoms with E-state index in [0.29, 0.717) is 0 Å². The molecular formula is C13H18F2N2. The topological polar surface area (TPSA) is 29.3 Å². The van der Waals surface area contributed by atoms with E-state index in [0.717, 1.165) is 24.9 Å². The Morgan fingerprint density at radius 2 is 1.94 bits per heavy atom. The predicted molar refractivity (Wildman–Crippen MR) is 64.0 cm³/mol. The molecule has 2 rings (SSSR count). The van der Waals surface area contributed by atoms with Gasteiger partial charge in [0.25, 0.3) is 6.43 Å². The molecule has 1 aromatic rings. The molecule has 1 aromatic carbocycles. The summed E-state index contributed by atoms with van der Waals surface area (Å²) in [5.74, 6) is 0. The number of likely N-dealkylation sites (tertiary alicyclic amines) is 1. The third kappa shape index (κ3) is 2.64. The molecule has 2 atom stereocenters. The minimum absolute atomic E-state index is 0.0702. The fraction of sp³-hybridized carbons (Fsp3) is 0.538. The highest BCUT2D eigenvalue weighted by atomic mass is 19.3. The number of likely N-dealkylation sites (N-methyl/N-ethyl adjacent to an activating group) is 1. The summed E-state index contributed by atoms with van der Waals surface area (Å²) in [7, 11) is 2.03. The van der Waals surface area contributed by atoms with Crippen molar-refractivity contribution in [1.82, 2.24) is 4.90 Å². The molecule has 1 fully saturated rings. The van der Waals surface area contributed by atoms with Gasteiger partial charge in [-0.05, 0) is 32.0 Å². The number of piperidine rings is 1. The molecule has 2 nitrogen and oxygen atoms in total. The van der Waals surface area contributed by atoms with Crippen LogP contribution < -0.4 is 5.73 Å². The molecule has 0 bridgehead atoms. The highest BCUT2D eigenvalue weighted by molar-refractivity contribution is 5.27. The minimum atomic E-state index is -2.40. The first-order chi connectivity index (χ1) is 8.09. The van der Waals surface area contributed by atoms with Gasteiger partial charge in [0, 0.05) is 17.6 Å². The lowest BCUT2D eigenvalue weighted by Gasteiger charge is -2.37. The van der Waals surface area contributed by atoms with Crippen LogP contribution in [0.3, 0.4) is 0 Å². The Bertz CT molecular complexity index is 354. The van der Waals surface area contributed by atoms with Crippen molar-refractivity contribution in [2.24, 2.45) is 5.73 Å². The molecule has 1 heterocycles. The Kier molecular flexibility index (Phi) is 3.74. The molecular weight excluding hydrogens is 222 g/mol. The van der Waals surface area contributed by atoms with Crippen molar-refractivity contribution in [3.63, 3.8) is 0 Å². The molecule has 0 aliphatic carbocycles. The first kappa shape index (κ1) is 12.5. The van der Waals surface area contributed by atoms with Gasteiger partial charge in [-0.15, -0.1) is 0 Å². The van der Waals surface area contributed by atoms with Crippen molar-refractivity contribution >= 4 is 0 Å². The van der Waals surface area contributed by atoms with Crippen molar-refractivity contribution < 1.29 is 8.78 Å². The highest BCUT2D eigenvalue weighted by Gasteiger charge is 2.27. The van der Waals surface area contributed by atoms with Crippen LogP contribution in [0.4, 0.5) is 8.78 Å². The van der Waals surface area contributed by atoms with Gasteiger partial charge >= 0.3 is 0 Å². The van der Waals surface area contributed by atoms with Gasteiger partial charge in [0.15, 0.2) is 0 Å². The average Bonchev–Trinajstić information content (AvgIpc) is 2.29. The lowest BCUT2D eigenvalue weighted by atomic mass is 9.91. The summed E-state index contributed by atoms with van der Waals surface area (Å²) < 4.78 is 24.9. The van der Waals surface area contributed by atoms with Crippen molar-refractivity contribution in [2.75, 3.05) is 13.6 Å². The average molecular weight is 240 g/mol. The zero-order valence-electron chi connectivity index (χ0n) is 9.94. The van der Waals surface area contributed by atoms with Crippen molar-refractivity contribution in [2.45, 2.75) is 31.4 Å². The quantitative estimate of drug-likeness (QED) is 0.861. The van der Waals surface area contributed by atoms with Gasteiger partial charge in [0.05, 0.1) is 0 Å². The molecule has 1 aliphatic rings. The minimum Gasteiger partial charge on any atom is -0.326 e. The standard InChI is InChI=1S/C13H18F2N2/c1-17-8-2-3-11(16)12(17)9-4-6-10(7-5-9)13(14)15/h4-7,11-13H,2-3,8,16H2,1H3. The molecule has 0 saturated carbocycles. The zero-order chi connectivity index (χ0) is 12.4. The van der Waals surface area contributed by atoms with Crippen LogP contribution in [-0.2, 0) is 0 Å². The summed E-state index contributed by atoms with van der Waals surface area (Å²) in [5, 5.41) is 0. The van der Waals surface area contributed by atoms with E-state index in [1.54, 1.807) is 12.1 Å². The van der Waals surface area contributed by atoms with Crippen LogP contribution in [0, 0.1) is 0 Å². The third-order valence-electron chi connectivity index (χ3n) is 3.46. The largest absolute Gasteiger partial charge is 0.326 e. The Morgan fingerprint density at radius 3 is 2.47 bits per heavy atom. The fourth-order valence-electron chi connectivity index (χ4n) is 2.54. The molecule has 17 heavy (non-hydrogen) atoms. The number of nitrogens with zero attached hydrogens (tertiary/aromatic N) is 1. The maximum Gasteiger partial charge on any atom is 0.263 e. The van der Waals surface area contributed by atoms with Crippen LogP contribution in [0.5, 0.6) is 0 Å². The van der Waals surface area contributed by atoms with Crippen LogP contribution in [-0.4, -0.2) is 24.5 Å².